The van der Waals surface area contributed by atoms with Crippen molar-refractivity contribution in [2.75, 3.05) is 49.2 Å². The molecule has 4 aromatic rings. The summed E-state index contributed by atoms with van der Waals surface area (Å²) < 4.78 is 7.36. The summed E-state index contributed by atoms with van der Waals surface area (Å²) in [6.45, 7) is 9.28. The zero-order valence-corrected chi connectivity index (χ0v) is 22.7. The molecular formula is C26H31N9O2S. The number of carbonyl (C=O) groups is 1. The van der Waals surface area contributed by atoms with Gasteiger partial charge >= 0.3 is 6.03 Å². The van der Waals surface area contributed by atoms with Gasteiger partial charge in [-0.2, -0.15) is 0 Å². The normalized spacial score (nSPS) is 14.9. The zero-order valence-electron chi connectivity index (χ0n) is 21.9. The highest BCUT2D eigenvalue weighted by atomic mass is 32.1. The van der Waals surface area contributed by atoms with Crippen molar-refractivity contribution in [1.29, 1.82) is 0 Å². The molecule has 0 bridgehead atoms. The number of hydrogen-bond donors (Lipinski definition) is 3. The molecule has 3 N–H and O–H groups in total. The van der Waals surface area contributed by atoms with Gasteiger partial charge in [0, 0.05) is 48.2 Å². The van der Waals surface area contributed by atoms with E-state index in [0.29, 0.717) is 17.3 Å². The molecule has 0 unspecified atom stereocenters. The predicted octanol–water partition coefficient (Wildman–Crippen LogP) is 4.80. The second-order valence-electron chi connectivity index (χ2n) is 10.1. The molecule has 0 radical (unpaired) electrons. The summed E-state index contributed by atoms with van der Waals surface area (Å²) in [7, 11) is 2.08. The Balaban J connectivity index is 1.29. The molecule has 198 valence electrons. The number of benzene rings is 1. The summed E-state index contributed by atoms with van der Waals surface area (Å²) in [5.74, 6) is 1.06. The van der Waals surface area contributed by atoms with Gasteiger partial charge in [-0.05, 0) is 19.2 Å². The van der Waals surface area contributed by atoms with Crippen molar-refractivity contribution in [3.8, 4) is 11.3 Å². The van der Waals surface area contributed by atoms with Crippen molar-refractivity contribution in [1.82, 2.24) is 19.4 Å². The Hall–Kier alpha value is -4.03. The number of aromatic nitrogens is 3. The molecule has 12 heteroatoms. The summed E-state index contributed by atoms with van der Waals surface area (Å²) in [4.78, 5) is 29.4. The number of thiazole rings is 1. The molecule has 1 aliphatic heterocycles. The van der Waals surface area contributed by atoms with Crippen LogP contribution in [0.5, 0.6) is 0 Å². The molecule has 0 spiro atoms. The Morgan fingerprint density at radius 1 is 1.11 bits per heavy atom. The van der Waals surface area contributed by atoms with E-state index in [1.807, 2.05) is 61.8 Å². The second kappa shape index (κ2) is 10.8. The fourth-order valence-electron chi connectivity index (χ4n) is 3.80. The molecule has 11 nitrogen and oxygen atoms in total. The molecule has 38 heavy (non-hydrogen) atoms. The highest BCUT2D eigenvalue weighted by Crippen LogP contribution is 2.31. The number of hydrogen-bond acceptors (Lipinski definition) is 9. The monoisotopic (exact) mass is 533 g/mol. The molecular weight excluding hydrogens is 502 g/mol. The Morgan fingerprint density at radius 3 is 2.61 bits per heavy atom. The van der Waals surface area contributed by atoms with Crippen LogP contribution in [0.1, 0.15) is 32.2 Å². The molecule has 5 rings (SSSR count). The summed E-state index contributed by atoms with van der Waals surface area (Å²) in [6, 6.07) is 8.87. The Kier molecular flexibility index (Phi) is 7.25. The maximum atomic E-state index is 12.4. The SMILES string of the molecule is CN1CCN=CNc2sc3nc(-c4ccc(NC(=O)Nc5cc(C(C)(C)C)on5)cc4)cn3c2C=NCC1. The molecule has 2 amide bonds. The van der Waals surface area contributed by atoms with Crippen LogP contribution in [0.15, 0.2) is 51.0 Å². The van der Waals surface area contributed by atoms with Crippen molar-refractivity contribution in [2.24, 2.45) is 9.98 Å². The van der Waals surface area contributed by atoms with Crippen molar-refractivity contribution in [3.05, 3.63) is 48.0 Å². The van der Waals surface area contributed by atoms with Crippen LogP contribution >= 0.6 is 11.3 Å². The fraction of sp³-hybridized carbons (Fsp3) is 0.346. The number of urea groups is 1. The van der Waals surface area contributed by atoms with E-state index >= 15 is 0 Å². The van der Waals surface area contributed by atoms with Crippen molar-refractivity contribution < 1.29 is 9.32 Å². The Morgan fingerprint density at radius 2 is 1.87 bits per heavy atom. The maximum absolute atomic E-state index is 12.4. The van der Waals surface area contributed by atoms with Crippen molar-refractivity contribution in [3.63, 3.8) is 0 Å². The third-order valence-corrected chi connectivity index (χ3v) is 7.01. The van der Waals surface area contributed by atoms with Crippen LogP contribution in [-0.4, -0.2) is 71.3 Å². The minimum Gasteiger partial charge on any atom is -0.359 e. The van der Waals surface area contributed by atoms with Crippen LogP contribution in [0, 0.1) is 0 Å². The smallest absolute Gasteiger partial charge is 0.324 e. The van der Waals surface area contributed by atoms with E-state index in [4.69, 9.17) is 9.51 Å². The number of likely N-dealkylation sites (N-methyl/N-ethyl adjacent to an activating group) is 1. The summed E-state index contributed by atoms with van der Waals surface area (Å²) in [5.41, 5.74) is 3.17. The van der Waals surface area contributed by atoms with Crippen molar-refractivity contribution in [2.45, 2.75) is 26.2 Å². The van der Waals surface area contributed by atoms with Crippen molar-refractivity contribution >= 4 is 51.4 Å². The van der Waals surface area contributed by atoms with Crippen LogP contribution in [0.4, 0.5) is 21.3 Å². The molecule has 4 heterocycles. The standard InChI is InChI=1S/C26H31N9O2S/c1-26(2,3)21-13-22(33-37-21)32-24(36)30-18-7-5-17(6-8-18)19-15-35-20-14-27-9-11-34(4)12-10-28-16-29-23(20)38-25(35)31-19/h5-8,13-16H,9-12H2,1-4H3,(H,28,29)(H2,30,32,33,36). The van der Waals surface area contributed by atoms with E-state index in [9.17, 15) is 4.79 Å². The lowest BCUT2D eigenvalue weighted by molar-refractivity contribution is 0.262. The number of carbonyl (C=O) groups excluding carboxylic acids is 1. The molecule has 0 saturated carbocycles. The van der Waals surface area contributed by atoms with E-state index in [0.717, 1.165) is 53.1 Å². The lowest BCUT2D eigenvalue weighted by Gasteiger charge is -2.13. The molecule has 0 atom stereocenters. The first-order valence-electron chi connectivity index (χ1n) is 12.4. The number of rotatable bonds is 3. The highest BCUT2D eigenvalue weighted by molar-refractivity contribution is 7.21. The van der Waals surface area contributed by atoms with Gasteiger partial charge in [0.2, 0.25) is 0 Å². The van der Waals surface area contributed by atoms with Gasteiger partial charge in [0.05, 0.1) is 30.8 Å². The molecule has 0 saturated heterocycles. The minimum absolute atomic E-state index is 0.190. The van der Waals surface area contributed by atoms with Gasteiger partial charge in [-0.1, -0.05) is 49.4 Å². The second-order valence-corrected chi connectivity index (χ2v) is 11.1. The van der Waals surface area contributed by atoms with Crippen LogP contribution in [0.3, 0.4) is 0 Å². The number of nitrogens with zero attached hydrogens (tertiary/aromatic N) is 6. The van der Waals surface area contributed by atoms with Crippen LogP contribution in [0.25, 0.3) is 16.2 Å². The van der Waals surface area contributed by atoms with Gasteiger partial charge in [0.15, 0.2) is 10.8 Å². The highest BCUT2D eigenvalue weighted by Gasteiger charge is 2.20. The van der Waals surface area contributed by atoms with Gasteiger partial charge < -0.3 is 20.1 Å². The third-order valence-electron chi connectivity index (χ3n) is 6.01. The fourth-order valence-corrected chi connectivity index (χ4v) is 4.75. The average molecular weight is 534 g/mol. The number of imidazole rings is 1. The van der Waals surface area contributed by atoms with Gasteiger partial charge in [-0.3, -0.25) is 19.7 Å². The first kappa shape index (κ1) is 25.6. The largest absolute Gasteiger partial charge is 0.359 e. The number of aliphatic imine (C=N–C) groups is 2. The quantitative estimate of drug-likeness (QED) is 0.348. The lowest BCUT2D eigenvalue weighted by atomic mass is 9.93. The molecule has 0 aliphatic carbocycles. The van der Waals surface area contributed by atoms with Gasteiger partial charge in [-0.15, -0.1) is 0 Å². The summed E-state index contributed by atoms with van der Waals surface area (Å²) in [5, 5.41) is 13.7. The van der Waals surface area contributed by atoms with Gasteiger partial charge in [-0.25, -0.2) is 9.78 Å². The van der Waals surface area contributed by atoms with Crippen LogP contribution < -0.4 is 16.0 Å². The topological polar surface area (TPSA) is 124 Å². The van der Waals surface area contributed by atoms with E-state index in [-0.39, 0.29) is 5.41 Å². The lowest BCUT2D eigenvalue weighted by Crippen LogP contribution is -2.24. The summed E-state index contributed by atoms with van der Waals surface area (Å²) >= 11 is 1.55. The van der Waals surface area contributed by atoms with E-state index in [1.165, 1.54) is 0 Å². The molecule has 1 aromatic carbocycles. The van der Waals surface area contributed by atoms with Gasteiger partial charge in [0.25, 0.3) is 0 Å². The van der Waals surface area contributed by atoms with E-state index < -0.39 is 6.03 Å². The number of amides is 2. The van der Waals surface area contributed by atoms with Crippen LogP contribution in [-0.2, 0) is 5.41 Å². The zero-order chi connectivity index (χ0) is 26.7. The first-order chi connectivity index (χ1) is 18.3. The van der Waals surface area contributed by atoms with Gasteiger partial charge in [0.1, 0.15) is 10.8 Å². The van der Waals surface area contributed by atoms with Crippen LogP contribution in [0.2, 0.25) is 0 Å². The number of anilines is 3. The van der Waals surface area contributed by atoms with E-state index in [1.54, 1.807) is 23.7 Å². The predicted molar refractivity (Wildman–Crippen MR) is 153 cm³/mol. The van der Waals surface area contributed by atoms with E-state index in [2.05, 4.69) is 43.0 Å². The third kappa shape index (κ3) is 5.92. The Bertz CT molecular complexity index is 1470. The molecule has 0 fully saturated rings. The maximum Gasteiger partial charge on any atom is 0.324 e. The average Bonchev–Trinajstić information content (AvgIpc) is 3.57. The first-order valence-corrected chi connectivity index (χ1v) is 13.2. The summed E-state index contributed by atoms with van der Waals surface area (Å²) in [6.07, 6.45) is 5.64. The minimum atomic E-state index is -0.396. The number of nitrogens with one attached hydrogen (secondary N) is 3. The molecule has 1 aliphatic rings. The number of fused-ring (bicyclic) bond motifs is 3. The molecule has 3 aromatic heterocycles. The Labute approximate surface area is 224 Å².